The van der Waals surface area contributed by atoms with Crippen LogP contribution < -0.4 is 4.90 Å². The summed E-state index contributed by atoms with van der Waals surface area (Å²) in [6, 6.07) is 17.9. The number of para-hydroxylation sites is 1. The van der Waals surface area contributed by atoms with Crippen molar-refractivity contribution in [3.63, 3.8) is 0 Å². The van der Waals surface area contributed by atoms with E-state index in [1.165, 1.54) is 11.8 Å². The van der Waals surface area contributed by atoms with Crippen LogP contribution in [0.3, 0.4) is 0 Å². The zero-order valence-corrected chi connectivity index (χ0v) is 21.2. The lowest BCUT2D eigenvalue weighted by Gasteiger charge is -2.50. The van der Waals surface area contributed by atoms with Gasteiger partial charge in [-0.15, -0.1) is 12.4 Å². The van der Waals surface area contributed by atoms with E-state index >= 15 is 0 Å². The van der Waals surface area contributed by atoms with Crippen molar-refractivity contribution in [2.75, 3.05) is 37.3 Å². The molecule has 0 aromatic heterocycles. The molecule has 1 amide bonds. The van der Waals surface area contributed by atoms with Gasteiger partial charge in [0.05, 0.1) is 17.9 Å². The maximum Gasteiger partial charge on any atom is 0.259 e. The average molecular weight is 505 g/mol. The van der Waals surface area contributed by atoms with Crippen molar-refractivity contribution in [2.24, 2.45) is 0 Å². The molecule has 3 fully saturated rings. The maximum absolute atomic E-state index is 13.1. The molecule has 1 saturated carbocycles. The first-order chi connectivity index (χ1) is 15.8. The number of hydrogen-bond acceptors (Lipinski definition) is 5. The second kappa shape index (κ2) is 9.61. The van der Waals surface area contributed by atoms with Gasteiger partial charge in [-0.2, -0.15) is 0 Å². The van der Waals surface area contributed by atoms with E-state index in [-0.39, 0.29) is 29.7 Å². The molecule has 0 unspecified atom stereocenters. The van der Waals surface area contributed by atoms with E-state index in [1.54, 1.807) is 0 Å². The van der Waals surface area contributed by atoms with E-state index in [4.69, 9.17) is 4.74 Å². The van der Waals surface area contributed by atoms with Crippen LogP contribution in [0.1, 0.15) is 36.8 Å². The minimum absolute atomic E-state index is 0. The van der Waals surface area contributed by atoms with Crippen molar-refractivity contribution in [3.05, 3.63) is 65.7 Å². The van der Waals surface area contributed by atoms with Crippen molar-refractivity contribution in [1.29, 1.82) is 0 Å². The van der Waals surface area contributed by atoms with Crippen LogP contribution in [0, 0.1) is 0 Å². The van der Waals surface area contributed by atoms with Gasteiger partial charge >= 0.3 is 0 Å². The van der Waals surface area contributed by atoms with Gasteiger partial charge in [0.2, 0.25) is 0 Å². The Balaban J connectivity index is 0.00000274. The van der Waals surface area contributed by atoms with Crippen molar-refractivity contribution in [3.8, 4) is 0 Å². The number of nitrogens with zero attached hydrogens (tertiary/aromatic N) is 2. The molecule has 0 N–H and O–H groups in total. The minimum atomic E-state index is -3.03. The molecule has 2 aromatic carbocycles. The molecule has 2 aromatic rings. The third kappa shape index (κ3) is 5.48. The SMILES string of the molecule is CS(=O)(=O)Cc1cccc(CCN2CCC3(CC2)CN(c2ccccc2)C(=O)C2(CC2)O3)c1.Cl. The standard InChI is InChI=1S/C26H32N2O4S.ClH/c1-33(30,31)19-22-7-5-6-21(18-22)10-15-27-16-13-25(14-17-27)20-28(23-8-3-2-4-9-23)24(29)26(32-25)11-12-26;/h2-9,18H,10-17,19-20H2,1H3;1H. The molecular formula is C26H33ClN2O4S. The molecule has 2 saturated heterocycles. The van der Waals surface area contributed by atoms with Crippen LogP contribution in [0.2, 0.25) is 0 Å². The number of anilines is 1. The van der Waals surface area contributed by atoms with Crippen molar-refractivity contribution < 1.29 is 17.9 Å². The Morgan fingerprint density at radius 1 is 0.941 bits per heavy atom. The lowest BCUT2D eigenvalue weighted by Crippen LogP contribution is -2.63. The second-order valence-corrected chi connectivity index (χ2v) is 12.1. The van der Waals surface area contributed by atoms with Crippen molar-refractivity contribution >= 4 is 33.8 Å². The molecule has 2 aliphatic heterocycles. The van der Waals surface area contributed by atoms with Gasteiger partial charge in [0.15, 0.2) is 9.84 Å². The number of carbonyl (C=O) groups is 1. The number of morpholine rings is 1. The van der Waals surface area contributed by atoms with Gasteiger partial charge in [-0.05, 0) is 55.4 Å². The molecule has 3 aliphatic rings. The molecule has 1 aliphatic carbocycles. The van der Waals surface area contributed by atoms with E-state index in [0.717, 1.165) is 63.0 Å². The summed E-state index contributed by atoms with van der Waals surface area (Å²) in [5.41, 5.74) is 2.11. The number of likely N-dealkylation sites (tertiary alicyclic amines) is 1. The number of benzene rings is 2. The number of hydrogen-bond donors (Lipinski definition) is 0. The van der Waals surface area contributed by atoms with Gasteiger partial charge in [-0.25, -0.2) is 8.42 Å². The fourth-order valence-corrected chi connectivity index (χ4v) is 6.04. The lowest BCUT2D eigenvalue weighted by atomic mass is 9.87. The second-order valence-electron chi connectivity index (χ2n) is 9.99. The van der Waals surface area contributed by atoms with Crippen LogP contribution in [-0.2, 0) is 31.5 Å². The first-order valence-corrected chi connectivity index (χ1v) is 13.9. The lowest BCUT2D eigenvalue weighted by molar-refractivity contribution is -0.172. The summed E-state index contributed by atoms with van der Waals surface area (Å²) < 4.78 is 29.8. The summed E-state index contributed by atoms with van der Waals surface area (Å²) in [5, 5.41) is 0. The Morgan fingerprint density at radius 2 is 1.62 bits per heavy atom. The van der Waals surface area contributed by atoms with E-state index in [1.807, 2.05) is 53.4 Å². The highest BCUT2D eigenvalue weighted by atomic mass is 35.5. The number of ether oxygens (including phenoxy) is 1. The Hall–Kier alpha value is -1.93. The highest BCUT2D eigenvalue weighted by molar-refractivity contribution is 7.89. The zero-order chi connectivity index (χ0) is 23.1. The van der Waals surface area contributed by atoms with Gasteiger partial charge in [0.25, 0.3) is 5.91 Å². The number of halogens is 1. The molecule has 34 heavy (non-hydrogen) atoms. The highest BCUT2D eigenvalue weighted by Gasteiger charge is 2.62. The number of rotatable bonds is 6. The largest absolute Gasteiger partial charge is 0.357 e. The number of carbonyl (C=O) groups excluding carboxylic acids is 1. The highest BCUT2D eigenvalue weighted by Crippen LogP contribution is 2.50. The summed E-state index contributed by atoms with van der Waals surface area (Å²) in [4.78, 5) is 17.5. The minimum Gasteiger partial charge on any atom is -0.357 e. The van der Waals surface area contributed by atoms with Crippen molar-refractivity contribution in [2.45, 2.75) is 49.1 Å². The number of sulfone groups is 1. The van der Waals surface area contributed by atoms with Gasteiger partial charge in [0, 0.05) is 31.6 Å². The van der Waals surface area contributed by atoms with Gasteiger partial charge < -0.3 is 14.5 Å². The predicted molar refractivity (Wildman–Crippen MR) is 136 cm³/mol. The third-order valence-electron chi connectivity index (χ3n) is 7.17. The molecule has 0 bridgehead atoms. The summed E-state index contributed by atoms with van der Waals surface area (Å²) in [5.74, 6) is 0.207. The molecule has 2 spiro atoms. The quantitative estimate of drug-likeness (QED) is 0.601. The van der Waals surface area contributed by atoms with Crippen LogP contribution >= 0.6 is 12.4 Å². The van der Waals surface area contributed by atoms with Crippen LogP contribution in [0.5, 0.6) is 0 Å². The Bertz CT molecular complexity index is 1130. The Labute approximate surface area is 208 Å². The molecule has 0 radical (unpaired) electrons. The number of amides is 1. The molecule has 2 heterocycles. The first-order valence-electron chi connectivity index (χ1n) is 11.8. The van der Waals surface area contributed by atoms with E-state index in [0.29, 0.717) is 6.54 Å². The van der Waals surface area contributed by atoms with Crippen molar-refractivity contribution in [1.82, 2.24) is 4.90 Å². The molecule has 6 nitrogen and oxygen atoms in total. The molecule has 0 atom stereocenters. The third-order valence-corrected chi connectivity index (χ3v) is 8.03. The smallest absolute Gasteiger partial charge is 0.259 e. The van der Waals surface area contributed by atoms with E-state index < -0.39 is 15.4 Å². The van der Waals surface area contributed by atoms with Crippen LogP contribution in [0.15, 0.2) is 54.6 Å². The summed E-state index contributed by atoms with van der Waals surface area (Å²) in [6.45, 7) is 3.44. The fraction of sp³-hybridized carbons (Fsp3) is 0.500. The molecular weight excluding hydrogens is 472 g/mol. The Kier molecular flexibility index (Phi) is 7.11. The normalized spacial score (nSPS) is 21.4. The van der Waals surface area contributed by atoms with E-state index in [9.17, 15) is 13.2 Å². The van der Waals surface area contributed by atoms with Crippen LogP contribution in [0.4, 0.5) is 5.69 Å². The summed E-state index contributed by atoms with van der Waals surface area (Å²) >= 11 is 0. The molecule has 5 rings (SSSR count). The van der Waals surface area contributed by atoms with Gasteiger partial charge in [0.1, 0.15) is 5.60 Å². The maximum atomic E-state index is 13.1. The average Bonchev–Trinajstić information content (AvgIpc) is 3.56. The Morgan fingerprint density at radius 3 is 2.26 bits per heavy atom. The molecule has 8 heteroatoms. The zero-order valence-electron chi connectivity index (χ0n) is 19.6. The number of piperidine rings is 1. The summed E-state index contributed by atoms with van der Waals surface area (Å²) in [6.07, 6.45) is 5.65. The van der Waals surface area contributed by atoms with Crippen LogP contribution in [0.25, 0.3) is 0 Å². The van der Waals surface area contributed by atoms with Gasteiger partial charge in [-0.1, -0.05) is 42.5 Å². The van der Waals surface area contributed by atoms with Gasteiger partial charge in [-0.3, -0.25) is 4.79 Å². The summed E-state index contributed by atoms with van der Waals surface area (Å²) in [7, 11) is -3.03. The topological polar surface area (TPSA) is 66.9 Å². The predicted octanol–water partition coefficient (Wildman–Crippen LogP) is 3.63. The molecule has 184 valence electrons. The van der Waals surface area contributed by atoms with Crippen LogP contribution in [-0.4, -0.2) is 62.9 Å². The fourth-order valence-electron chi connectivity index (χ4n) is 5.25. The monoisotopic (exact) mass is 504 g/mol. The first kappa shape index (κ1) is 25.2. The van der Waals surface area contributed by atoms with E-state index in [2.05, 4.69) is 11.0 Å².